The molecule has 0 spiro atoms. The lowest BCUT2D eigenvalue weighted by molar-refractivity contribution is -0.114. The molecule has 10 nitrogen and oxygen atoms in total. The summed E-state index contributed by atoms with van der Waals surface area (Å²) in [5, 5.41) is 8.11. The van der Waals surface area contributed by atoms with Crippen molar-refractivity contribution in [1.29, 1.82) is 5.41 Å². The minimum atomic E-state index is -3.77. The molecule has 0 fully saturated rings. The van der Waals surface area contributed by atoms with Crippen molar-refractivity contribution in [2.75, 3.05) is 12.4 Å². The highest BCUT2D eigenvalue weighted by atomic mass is 32.2. The van der Waals surface area contributed by atoms with E-state index >= 15 is 0 Å². The number of hydrogen-bond donors (Lipinski definition) is 1. The zero-order chi connectivity index (χ0) is 26.0. The van der Waals surface area contributed by atoms with E-state index in [1.54, 1.807) is 6.92 Å². The summed E-state index contributed by atoms with van der Waals surface area (Å²) in [7, 11) is -3.77. The fraction of sp³-hybridized carbons (Fsp3) is 0.174. The largest absolute Gasteiger partial charge is 0.490 e. The summed E-state index contributed by atoms with van der Waals surface area (Å²) in [5.41, 5.74) is -0.0255. The van der Waals surface area contributed by atoms with Gasteiger partial charge >= 0.3 is 5.97 Å². The maximum Gasteiger partial charge on any atom is 0.346 e. The van der Waals surface area contributed by atoms with Crippen LogP contribution in [0.15, 0.2) is 57.4 Å². The molecule has 0 radical (unpaired) electrons. The second-order valence-electron chi connectivity index (χ2n) is 7.32. The van der Waals surface area contributed by atoms with Gasteiger partial charge in [0.25, 0.3) is 5.91 Å². The predicted octanol–water partition coefficient (Wildman–Crippen LogP) is 3.45. The van der Waals surface area contributed by atoms with Crippen LogP contribution in [0.3, 0.4) is 0 Å². The SMILES string of the molecule is CCOc1cc(/C=C2/C(=N)N3C(=NC2=O)SN=C3S(=O)(=O)CC)ccc1OC(=O)c1ccccc1F. The molecule has 0 saturated carbocycles. The van der Waals surface area contributed by atoms with Gasteiger partial charge in [0, 0.05) is 0 Å². The molecular formula is C23H19FN4O6S2. The lowest BCUT2D eigenvalue weighted by Crippen LogP contribution is -2.45. The Morgan fingerprint density at radius 1 is 1.19 bits per heavy atom. The highest BCUT2D eigenvalue weighted by Crippen LogP contribution is 2.33. The molecular weight excluding hydrogens is 511 g/mol. The molecule has 2 aromatic rings. The van der Waals surface area contributed by atoms with Crippen molar-refractivity contribution in [3.63, 3.8) is 0 Å². The van der Waals surface area contributed by atoms with Crippen molar-refractivity contribution >= 4 is 55.9 Å². The standard InChI is InChI=1S/C23H19FN4O6S2/c1-3-33-18-12-13(9-10-17(18)34-21(30)14-7-5-6-8-16(14)24)11-15-19(25)28-22(26-20(15)29)35-27-23(28)36(31,32)4-2/h5-12,25H,3-4H2,1-2H3/b15-11-,25-19?. The van der Waals surface area contributed by atoms with E-state index in [1.165, 1.54) is 49.4 Å². The van der Waals surface area contributed by atoms with Gasteiger partial charge in [-0.15, -0.1) is 0 Å². The number of carbonyl (C=O) groups excluding carboxylic acids is 2. The Hall–Kier alpha value is -3.84. The number of benzene rings is 2. The van der Waals surface area contributed by atoms with Crippen LogP contribution in [-0.4, -0.2) is 53.7 Å². The first kappa shape index (κ1) is 25.3. The molecule has 4 rings (SSSR count). The molecule has 1 N–H and O–H groups in total. The predicted molar refractivity (Wildman–Crippen MR) is 133 cm³/mol. The number of nitrogens with zero attached hydrogens (tertiary/aromatic N) is 3. The molecule has 0 aromatic heterocycles. The van der Waals surface area contributed by atoms with Crippen molar-refractivity contribution in [1.82, 2.24) is 4.90 Å². The number of carbonyl (C=O) groups is 2. The number of nitrogens with one attached hydrogen (secondary N) is 1. The molecule has 13 heteroatoms. The van der Waals surface area contributed by atoms with Gasteiger partial charge in [0.1, 0.15) is 11.7 Å². The number of aliphatic imine (C=N–C) groups is 1. The first-order chi connectivity index (χ1) is 17.2. The van der Waals surface area contributed by atoms with Crippen LogP contribution in [0.4, 0.5) is 4.39 Å². The number of ether oxygens (including phenoxy) is 2. The summed E-state index contributed by atoms with van der Waals surface area (Å²) in [5.74, 6) is -2.84. The summed E-state index contributed by atoms with van der Waals surface area (Å²) in [6.07, 6.45) is 1.34. The van der Waals surface area contributed by atoms with Crippen LogP contribution in [0.25, 0.3) is 6.08 Å². The van der Waals surface area contributed by atoms with E-state index in [1.807, 2.05) is 0 Å². The van der Waals surface area contributed by atoms with E-state index in [0.717, 1.165) is 11.0 Å². The number of fused-ring (bicyclic) bond motifs is 1. The smallest absolute Gasteiger partial charge is 0.346 e. The van der Waals surface area contributed by atoms with Crippen LogP contribution in [0.2, 0.25) is 0 Å². The number of amidine groups is 3. The molecule has 0 aliphatic carbocycles. The summed E-state index contributed by atoms with van der Waals surface area (Å²) >= 11 is 0.709. The number of sulfone groups is 1. The number of rotatable bonds is 6. The average molecular weight is 531 g/mol. The highest BCUT2D eigenvalue weighted by molar-refractivity contribution is 8.16. The van der Waals surface area contributed by atoms with Crippen molar-refractivity contribution in [2.45, 2.75) is 13.8 Å². The maximum atomic E-state index is 14.0. The molecule has 0 unspecified atom stereocenters. The summed E-state index contributed by atoms with van der Waals surface area (Å²) in [4.78, 5) is 29.9. The van der Waals surface area contributed by atoms with Gasteiger partial charge in [-0.1, -0.05) is 25.1 Å². The molecule has 2 aliphatic rings. The fourth-order valence-corrected chi connectivity index (χ4v) is 5.21. The Morgan fingerprint density at radius 2 is 1.94 bits per heavy atom. The quantitative estimate of drug-likeness (QED) is 0.259. The minimum absolute atomic E-state index is 0.0143. The zero-order valence-corrected chi connectivity index (χ0v) is 20.7. The van der Waals surface area contributed by atoms with Crippen LogP contribution in [0.5, 0.6) is 11.5 Å². The molecule has 0 atom stereocenters. The fourth-order valence-electron chi connectivity index (χ4n) is 3.24. The Morgan fingerprint density at radius 3 is 2.64 bits per heavy atom. The lowest BCUT2D eigenvalue weighted by atomic mass is 10.1. The minimum Gasteiger partial charge on any atom is -0.490 e. The second-order valence-corrected chi connectivity index (χ2v) is 10.2. The second kappa shape index (κ2) is 10.0. The summed E-state index contributed by atoms with van der Waals surface area (Å²) in [6, 6.07) is 9.75. The Bertz CT molecular complexity index is 1480. The normalized spacial score (nSPS) is 16.5. The van der Waals surface area contributed by atoms with Crippen molar-refractivity contribution in [3.05, 3.63) is 65.0 Å². The molecule has 0 bridgehead atoms. The molecule has 2 heterocycles. The van der Waals surface area contributed by atoms with Gasteiger partial charge in [0.2, 0.25) is 20.2 Å². The molecule has 2 aromatic carbocycles. The van der Waals surface area contributed by atoms with E-state index < -0.39 is 33.4 Å². The van der Waals surface area contributed by atoms with Crippen molar-refractivity contribution < 1.29 is 31.9 Å². The van der Waals surface area contributed by atoms with Gasteiger partial charge in [-0.3, -0.25) is 10.2 Å². The lowest BCUT2D eigenvalue weighted by Gasteiger charge is -2.24. The number of halogens is 1. The van der Waals surface area contributed by atoms with E-state index in [9.17, 15) is 22.4 Å². The first-order valence-electron chi connectivity index (χ1n) is 10.6. The first-order valence-corrected chi connectivity index (χ1v) is 13.0. The molecule has 0 saturated heterocycles. The van der Waals surface area contributed by atoms with Crippen molar-refractivity contribution in [3.8, 4) is 11.5 Å². The van der Waals surface area contributed by atoms with Crippen LogP contribution in [-0.2, 0) is 14.6 Å². The van der Waals surface area contributed by atoms with E-state index in [-0.39, 0.29) is 45.3 Å². The maximum absolute atomic E-state index is 14.0. The van der Waals surface area contributed by atoms with Crippen LogP contribution >= 0.6 is 11.9 Å². The molecule has 1 amide bonds. The number of esters is 1. The Balaban J connectivity index is 1.66. The average Bonchev–Trinajstić information content (AvgIpc) is 3.28. The van der Waals surface area contributed by atoms with Gasteiger partial charge < -0.3 is 9.47 Å². The van der Waals surface area contributed by atoms with Gasteiger partial charge in [0.05, 0.1) is 35.4 Å². The van der Waals surface area contributed by atoms with Crippen LogP contribution < -0.4 is 9.47 Å². The third-order valence-electron chi connectivity index (χ3n) is 5.03. The van der Waals surface area contributed by atoms with Gasteiger partial charge in [-0.25, -0.2) is 22.5 Å². The number of hydrogen-bond acceptors (Lipinski definition) is 9. The van der Waals surface area contributed by atoms with Crippen LogP contribution in [0, 0.1) is 11.2 Å². The highest BCUT2D eigenvalue weighted by Gasteiger charge is 2.42. The number of amides is 1. The Kier molecular flexibility index (Phi) is 7.04. The monoisotopic (exact) mass is 530 g/mol. The van der Waals surface area contributed by atoms with Crippen molar-refractivity contribution in [2.24, 2.45) is 9.39 Å². The summed E-state index contributed by atoms with van der Waals surface area (Å²) < 4.78 is 53.5. The van der Waals surface area contributed by atoms with Gasteiger partial charge in [-0.05, 0) is 42.8 Å². The van der Waals surface area contributed by atoms with E-state index in [2.05, 4.69) is 9.39 Å². The van der Waals surface area contributed by atoms with Gasteiger partial charge in [-0.2, -0.15) is 9.39 Å². The third kappa shape index (κ3) is 4.79. The zero-order valence-electron chi connectivity index (χ0n) is 19.0. The Labute approximate surface area is 210 Å². The summed E-state index contributed by atoms with van der Waals surface area (Å²) in [6.45, 7) is 3.37. The molecule has 36 heavy (non-hydrogen) atoms. The van der Waals surface area contributed by atoms with E-state index in [4.69, 9.17) is 14.9 Å². The molecule has 186 valence electrons. The topological polar surface area (TPSA) is 139 Å². The molecule has 2 aliphatic heterocycles. The third-order valence-corrected chi connectivity index (χ3v) is 7.43. The van der Waals surface area contributed by atoms with Gasteiger partial charge in [0.15, 0.2) is 11.5 Å². The van der Waals surface area contributed by atoms with E-state index in [0.29, 0.717) is 17.5 Å². The van der Waals surface area contributed by atoms with Crippen LogP contribution in [0.1, 0.15) is 29.8 Å².